The van der Waals surface area contributed by atoms with Crippen LogP contribution in [0.3, 0.4) is 0 Å². The van der Waals surface area contributed by atoms with Crippen LogP contribution in [-0.4, -0.2) is 19.3 Å². The molecule has 0 radical (unpaired) electrons. The van der Waals surface area contributed by atoms with Gasteiger partial charge < -0.3 is 14.6 Å². The van der Waals surface area contributed by atoms with Gasteiger partial charge in [0.25, 0.3) is 0 Å². The number of hydrogen-bond donors (Lipinski definition) is 1. The fraction of sp³-hybridized carbons (Fsp3) is 0.455. The molecule has 0 amide bonds. The summed E-state index contributed by atoms with van der Waals surface area (Å²) in [6.45, 7) is 1.22. The standard InChI is InChI=1S/C11H15FO3/c1-7(12)8-4-9(6-13)11(15-3)10(5-8)14-2/h4-5,7,13H,6H2,1-3H3. The molecular weight excluding hydrogens is 199 g/mol. The molecule has 0 bridgehead atoms. The molecule has 15 heavy (non-hydrogen) atoms. The summed E-state index contributed by atoms with van der Waals surface area (Å²) in [6.07, 6.45) is -1.10. The van der Waals surface area contributed by atoms with Gasteiger partial charge in [-0.2, -0.15) is 0 Å². The molecule has 3 nitrogen and oxygen atoms in total. The minimum Gasteiger partial charge on any atom is -0.493 e. The van der Waals surface area contributed by atoms with E-state index in [1.165, 1.54) is 21.1 Å². The maximum atomic E-state index is 13.1. The Bertz CT molecular complexity index is 312. The maximum absolute atomic E-state index is 13.1. The Labute approximate surface area is 88.4 Å². The Hall–Kier alpha value is -1.29. The Morgan fingerprint density at radius 3 is 2.40 bits per heavy atom. The third kappa shape index (κ3) is 2.39. The summed E-state index contributed by atoms with van der Waals surface area (Å²) in [7, 11) is 2.96. The topological polar surface area (TPSA) is 38.7 Å². The number of hydrogen-bond acceptors (Lipinski definition) is 3. The molecule has 0 aliphatic heterocycles. The summed E-state index contributed by atoms with van der Waals surface area (Å²) in [4.78, 5) is 0. The molecule has 84 valence electrons. The third-order valence-electron chi connectivity index (χ3n) is 2.21. The van der Waals surface area contributed by atoms with Gasteiger partial charge in [-0.15, -0.1) is 0 Å². The van der Waals surface area contributed by atoms with Gasteiger partial charge in [-0.3, -0.25) is 0 Å². The number of halogens is 1. The third-order valence-corrected chi connectivity index (χ3v) is 2.21. The summed E-state index contributed by atoms with van der Waals surface area (Å²) >= 11 is 0. The molecular formula is C11H15FO3. The minimum atomic E-state index is -1.10. The monoisotopic (exact) mass is 214 g/mol. The predicted octanol–water partition coefficient (Wildman–Crippen LogP) is 2.23. The highest BCUT2D eigenvalue weighted by Crippen LogP contribution is 2.35. The molecule has 1 aromatic rings. The largest absolute Gasteiger partial charge is 0.493 e. The van der Waals surface area contributed by atoms with Crippen LogP contribution in [0.15, 0.2) is 12.1 Å². The SMILES string of the molecule is COc1cc(C(C)F)cc(CO)c1OC. The van der Waals surface area contributed by atoms with E-state index in [9.17, 15) is 4.39 Å². The van der Waals surface area contributed by atoms with Gasteiger partial charge in [0.05, 0.1) is 20.8 Å². The zero-order valence-electron chi connectivity index (χ0n) is 9.08. The second-order valence-corrected chi connectivity index (χ2v) is 3.19. The van der Waals surface area contributed by atoms with Crippen molar-refractivity contribution >= 4 is 0 Å². The Morgan fingerprint density at radius 1 is 1.33 bits per heavy atom. The molecule has 0 spiro atoms. The molecule has 0 aromatic heterocycles. The van der Waals surface area contributed by atoms with Crippen molar-refractivity contribution in [1.29, 1.82) is 0 Å². The second kappa shape index (κ2) is 4.98. The lowest BCUT2D eigenvalue weighted by Gasteiger charge is -2.14. The number of benzene rings is 1. The molecule has 0 aliphatic rings. The van der Waals surface area contributed by atoms with Gasteiger partial charge in [-0.25, -0.2) is 4.39 Å². The van der Waals surface area contributed by atoms with Gasteiger partial charge in [0.2, 0.25) is 0 Å². The highest BCUT2D eigenvalue weighted by atomic mass is 19.1. The van der Waals surface area contributed by atoms with Crippen LogP contribution >= 0.6 is 0 Å². The minimum absolute atomic E-state index is 0.208. The van der Waals surface area contributed by atoms with E-state index in [1.54, 1.807) is 12.1 Å². The van der Waals surface area contributed by atoms with Gasteiger partial charge in [-0.05, 0) is 24.6 Å². The molecule has 1 N–H and O–H groups in total. The molecule has 0 saturated carbocycles. The van der Waals surface area contributed by atoms with Crippen LogP contribution in [0.1, 0.15) is 24.2 Å². The highest BCUT2D eigenvalue weighted by Gasteiger charge is 2.14. The van der Waals surface area contributed by atoms with Crippen LogP contribution in [-0.2, 0) is 6.61 Å². The number of rotatable bonds is 4. The second-order valence-electron chi connectivity index (χ2n) is 3.19. The maximum Gasteiger partial charge on any atom is 0.166 e. The normalized spacial score (nSPS) is 12.3. The first kappa shape index (κ1) is 11.8. The first-order chi connectivity index (χ1) is 7.13. The summed E-state index contributed by atoms with van der Waals surface area (Å²) in [5.41, 5.74) is 0.994. The van der Waals surface area contributed by atoms with E-state index >= 15 is 0 Å². The first-order valence-electron chi connectivity index (χ1n) is 4.63. The number of ether oxygens (including phenoxy) is 2. The lowest BCUT2D eigenvalue weighted by atomic mass is 10.1. The van der Waals surface area contributed by atoms with Gasteiger partial charge >= 0.3 is 0 Å². The number of alkyl halides is 1. The number of aliphatic hydroxyl groups excluding tert-OH is 1. The van der Waals surface area contributed by atoms with Crippen LogP contribution in [0, 0.1) is 0 Å². The fourth-order valence-electron chi connectivity index (χ4n) is 1.41. The van der Waals surface area contributed by atoms with Crippen LogP contribution in [0.25, 0.3) is 0 Å². The number of aliphatic hydroxyl groups is 1. The lowest BCUT2D eigenvalue weighted by Crippen LogP contribution is -1.99. The summed E-state index contributed by atoms with van der Waals surface area (Å²) in [5.74, 6) is 0.882. The van der Waals surface area contributed by atoms with Crippen molar-refractivity contribution < 1.29 is 19.0 Å². The van der Waals surface area contributed by atoms with E-state index in [2.05, 4.69) is 0 Å². The molecule has 1 aromatic carbocycles. The Morgan fingerprint density at radius 2 is 2.00 bits per heavy atom. The van der Waals surface area contributed by atoms with Gasteiger partial charge in [0, 0.05) is 5.56 Å². The van der Waals surface area contributed by atoms with Crippen molar-refractivity contribution in [1.82, 2.24) is 0 Å². The van der Waals surface area contributed by atoms with Crippen LogP contribution in [0.2, 0.25) is 0 Å². The van der Waals surface area contributed by atoms with Crippen LogP contribution in [0.4, 0.5) is 4.39 Å². The molecule has 1 rings (SSSR count). The van der Waals surface area contributed by atoms with Crippen LogP contribution in [0.5, 0.6) is 11.5 Å². The van der Waals surface area contributed by atoms with Crippen molar-refractivity contribution in [3.63, 3.8) is 0 Å². The van der Waals surface area contributed by atoms with E-state index in [1.807, 2.05) is 0 Å². The van der Waals surface area contributed by atoms with Gasteiger partial charge in [0.15, 0.2) is 11.5 Å². The summed E-state index contributed by atoms with van der Waals surface area (Å²) in [5, 5.41) is 9.12. The van der Waals surface area contributed by atoms with Crippen molar-refractivity contribution in [2.45, 2.75) is 19.7 Å². The van der Waals surface area contributed by atoms with Crippen molar-refractivity contribution in [2.75, 3.05) is 14.2 Å². The first-order valence-corrected chi connectivity index (χ1v) is 4.63. The molecule has 0 aliphatic carbocycles. The van der Waals surface area contributed by atoms with E-state index < -0.39 is 6.17 Å². The van der Waals surface area contributed by atoms with Gasteiger partial charge in [-0.1, -0.05) is 0 Å². The molecule has 4 heteroatoms. The quantitative estimate of drug-likeness (QED) is 0.835. The fourth-order valence-corrected chi connectivity index (χ4v) is 1.41. The zero-order valence-corrected chi connectivity index (χ0v) is 9.08. The van der Waals surface area contributed by atoms with Crippen molar-refractivity contribution in [3.8, 4) is 11.5 Å². The van der Waals surface area contributed by atoms with E-state index in [-0.39, 0.29) is 6.61 Å². The molecule has 0 saturated heterocycles. The molecule has 0 fully saturated rings. The highest BCUT2D eigenvalue weighted by molar-refractivity contribution is 5.49. The smallest absolute Gasteiger partial charge is 0.166 e. The van der Waals surface area contributed by atoms with E-state index in [0.29, 0.717) is 22.6 Å². The van der Waals surface area contributed by atoms with Gasteiger partial charge in [0.1, 0.15) is 6.17 Å². The van der Waals surface area contributed by atoms with E-state index in [0.717, 1.165) is 0 Å². The zero-order chi connectivity index (χ0) is 11.4. The molecule has 1 atom stereocenters. The molecule has 0 heterocycles. The van der Waals surface area contributed by atoms with Crippen LogP contribution < -0.4 is 9.47 Å². The van der Waals surface area contributed by atoms with Crippen molar-refractivity contribution in [3.05, 3.63) is 23.3 Å². The average molecular weight is 214 g/mol. The summed E-state index contributed by atoms with van der Waals surface area (Å²) in [6, 6.07) is 3.15. The Kier molecular flexibility index (Phi) is 3.91. The predicted molar refractivity (Wildman–Crippen MR) is 55.0 cm³/mol. The number of methoxy groups -OCH3 is 2. The Balaban J connectivity index is 3.29. The molecule has 1 unspecified atom stereocenters. The average Bonchev–Trinajstić information content (AvgIpc) is 2.26. The van der Waals surface area contributed by atoms with E-state index in [4.69, 9.17) is 14.6 Å². The van der Waals surface area contributed by atoms with Crippen molar-refractivity contribution in [2.24, 2.45) is 0 Å². The lowest BCUT2D eigenvalue weighted by molar-refractivity contribution is 0.268. The summed E-state index contributed by atoms with van der Waals surface area (Å²) < 4.78 is 23.3.